The third-order valence-electron chi connectivity index (χ3n) is 6.41. The smallest absolute Gasteiger partial charge is 0.460 e. The zero-order valence-electron chi connectivity index (χ0n) is 24.1. The predicted molar refractivity (Wildman–Crippen MR) is 136 cm³/mol. The van der Waals surface area contributed by atoms with Gasteiger partial charge in [-0.15, -0.1) is 0 Å². The van der Waals surface area contributed by atoms with Crippen LogP contribution in [0, 0.1) is 5.82 Å². The molecule has 21 heteroatoms. The van der Waals surface area contributed by atoms with E-state index in [2.05, 4.69) is 0 Å². The Morgan fingerprint density at radius 2 is 1.35 bits per heavy atom. The highest BCUT2D eigenvalue weighted by atomic mass is 19.4. The fraction of sp³-hybridized carbons (Fsp3) is 0.481. The lowest BCUT2D eigenvalue weighted by molar-refractivity contribution is -0.439. The molecule has 0 aliphatic carbocycles. The number of para-hydroxylation sites is 1. The number of nitrogens with zero attached hydrogens (tertiary/aromatic N) is 1. The van der Waals surface area contributed by atoms with Crippen LogP contribution in [-0.2, 0) is 16.0 Å². The lowest BCUT2D eigenvalue weighted by atomic mass is 9.93. The van der Waals surface area contributed by atoms with Crippen molar-refractivity contribution in [2.45, 2.75) is 55.2 Å². The number of carbonyl (C=O) groups excluding carboxylic acids is 1. The van der Waals surface area contributed by atoms with Crippen LogP contribution in [0.1, 0.15) is 12.5 Å². The number of rotatable bonds is 16. The van der Waals surface area contributed by atoms with Gasteiger partial charge in [0.2, 0.25) is 0 Å². The van der Waals surface area contributed by atoms with Gasteiger partial charge in [-0.05, 0) is 36.8 Å². The summed E-state index contributed by atoms with van der Waals surface area (Å²) in [5, 5.41) is 10.8. The SMILES string of the molecule is CCOC(Cc1ccc(OCCN(CC(F)(F)C(F)(F)C(F)(F)C(F)(F)C(F)(F)C(F)(F)F)C(=O)Nc2ccccc2F)cc1)C(=O)O. The molecule has 7 nitrogen and oxygen atoms in total. The number of hydrogen-bond donors (Lipinski definition) is 2. The van der Waals surface area contributed by atoms with Crippen molar-refractivity contribution in [2.75, 3.05) is 31.6 Å². The van der Waals surface area contributed by atoms with Crippen molar-refractivity contribution in [2.24, 2.45) is 0 Å². The molecule has 0 heterocycles. The molecule has 2 rings (SSSR count). The van der Waals surface area contributed by atoms with Gasteiger partial charge in [-0.3, -0.25) is 0 Å². The topological polar surface area (TPSA) is 88.1 Å². The number of aliphatic carboxylic acids is 1. The molecule has 0 bridgehead atoms. The second-order valence-corrected chi connectivity index (χ2v) is 9.81. The number of carboxylic acid groups (broad SMARTS) is 1. The second kappa shape index (κ2) is 14.6. The zero-order valence-corrected chi connectivity index (χ0v) is 24.1. The van der Waals surface area contributed by atoms with Crippen molar-refractivity contribution in [1.82, 2.24) is 4.90 Å². The molecule has 0 saturated heterocycles. The van der Waals surface area contributed by atoms with Crippen LogP contribution < -0.4 is 10.1 Å². The fourth-order valence-electron chi connectivity index (χ4n) is 3.78. The number of hydrogen-bond acceptors (Lipinski definition) is 4. The lowest BCUT2D eigenvalue weighted by Gasteiger charge is -2.40. The summed E-state index contributed by atoms with van der Waals surface area (Å²) in [6.45, 7) is -3.69. The number of carboxylic acids is 1. The molecule has 2 N–H and O–H groups in total. The fourth-order valence-corrected chi connectivity index (χ4v) is 3.78. The van der Waals surface area contributed by atoms with Gasteiger partial charge < -0.3 is 24.8 Å². The molecule has 2 amide bonds. The summed E-state index contributed by atoms with van der Waals surface area (Å²) in [4.78, 5) is 23.4. The minimum absolute atomic E-state index is 0.0598. The van der Waals surface area contributed by atoms with Crippen LogP contribution in [0.5, 0.6) is 5.75 Å². The Labute approximate surface area is 261 Å². The first-order valence-electron chi connectivity index (χ1n) is 13.2. The number of alkyl halides is 13. The average Bonchev–Trinajstić information content (AvgIpc) is 2.97. The van der Waals surface area contributed by atoms with Crippen molar-refractivity contribution in [3.8, 4) is 5.75 Å². The van der Waals surface area contributed by atoms with Crippen molar-refractivity contribution in [3.63, 3.8) is 0 Å². The van der Waals surface area contributed by atoms with Crippen molar-refractivity contribution < 1.29 is 85.6 Å². The predicted octanol–water partition coefficient (Wildman–Crippen LogP) is 7.51. The summed E-state index contributed by atoms with van der Waals surface area (Å²) in [6.07, 6.45) is -8.96. The molecule has 48 heavy (non-hydrogen) atoms. The van der Waals surface area contributed by atoms with Crippen LogP contribution in [0.3, 0.4) is 0 Å². The highest BCUT2D eigenvalue weighted by Crippen LogP contribution is 2.60. The number of halogens is 14. The van der Waals surface area contributed by atoms with Gasteiger partial charge in [-0.25, -0.2) is 14.0 Å². The van der Waals surface area contributed by atoms with Gasteiger partial charge in [-0.2, -0.15) is 57.1 Å². The maximum atomic E-state index is 14.7. The van der Waals surface area contributed by atoms with Gasteiger partial charge in [0.15, 0.2) is 6.10 Å². The van der Waals surface area contributed by atoms with E-state index in [0.717, 1.165) is 18.2 Å². The molecular formula is C27H24F14N2O5. The highest BCUT2D eigenvalue weighted by molar-refractivity contribution is 5.89. The van der Waals surface area contributed by atoms with E-state index in [1.54, 1.807) is 5.32 Å². The summed E-state index contributed by atoms with van der Waals surface area (Å²) in [5.41, 5.74) is -0.419. The van der Waals surface area contributed by atoms with Crippen LogP contribution in [0.2, 0.25) is 0 Å². The molecule has 0 aromatic heterocycles. The van der Waals surface area contributed by atoms with Crippen LogP contribution in [-0.4, -0.2) is 90.2 Å². The Balaban J connectivity index is 2.35. The molecular weight excluding hydrogens is 698 g/mol. The van der Waals surface area contributed by atoms with Crippen LogP contribution >= 0.6 is 0 Å². The summed E-state index contributed by atoms with van der Waals surface area (Å²) in [5.74, 6) is -41.1. The largest absolute Gasteiger partial charge is 0.492 e. The van der Waals surface area contributed by atoms with E-state index in [9.17, 15) is 71.1 Å². The van der Waals surface area contributed by atoms with Gasteiger partial charge in [-0.1, -0.05) is 24.3 Å². The van der Waals surface area contributed by atoms with E-state index in [0.29, 0.717) is 11.6 Å². The molecule has 0 aliphatic heterocycles. The van der Waals surface area contributed by atoms with Crippen molar-refractivity contribution >= 4 is 17.7 Å². The van der Waals surface area contributed by atoms with E-state index >= 15 is 0 Å². The zero-order chi connectivity index (χ0) is 36.9. The monoisotopic (exact) mass is 722 g/mol. The number of benzene rings is 2. The molecule has 0 aliphatic rings. The second-order valence-electron chi connectivity index (χ2n) is 9.81. The van der Waals surface area contributed by atoms with Gasteiger partial charge >= 0.3 is 47.8 Å². The first kappa shape index (κ1) is 40.1. The van der Waals surface area contributed by atoms with Crippen LogP contribution in [0.15, 0.2) is 48.5 Å². The quantitative estimate of drug-likeness (QED) is 0.175. The Morgan fingerprint density at radius 3 is 1.85 bits per heavy atom. The minimum atomic E-state index is -8.13. The number of nitrogens with one attached hydrogen (secondary N) is 1. The summed E-state index contributed by atoms with van der Waals surface area (Å²) in [6, 6.07) is 6.67. The molecule has 2 aromatic carbocycles. The highest BCUT2D eigenvalue weighted by Gasteiger charge is 2.90. The van der Waals surface area contributed by atoms with Crippen molar-refractivity contribution in [1.29, 1.82) is 0 Å². The Morgan fingerprint density at radius 1 is 0.812 bits per heavy atom. The van der Waals surface area contributed by atoms with Gasteiger partial charge in [0, 0.05) is 13.0 Å². The standard InChI is InChI=1S/C27H24F14N2O5/c1-2-47-19(20(44)45)13-15-7-9-16(10-8-15)48-12-11-43(21(46)42-18-6-4-3-5-17(18)28)14-22(29,30)23(31,32)24(33,34)25(35,36)26(37,38)27(39,40)41/h3-10,19H,2,11-14H2,1H3,(H,42,46)(H,44,45). The molecule has 0 spiro atoms. The van der Waals surface area contributed by atoms with Crippen LogP contribution in [0.4, 0.5) is 71.9 Å². The Bertz CT molecular complexity index is 1400. The van der Waals surface area contributed by atoms with Gasteiger partial charge in [0.25, 0.3) is 0 Å². The van der Waals surface area contributed by atoms with Crippen LogP contribution in [0.25, 0.3) is 0 Å². The first-order valence-corrected chi connectivity index (χ1v) is 13.2. The van der Waals surface area contributed by atoms with E-state index in [1.165, 1.54) is 31.2 Å². The maximum Gasteiger partial charge on any atom is 0.460 e. The average molecular weight is 722 g/mol. The molecule has 1 atom stereocenters. The van der Waals surface area contributed by atoms with E-state index in [-0.39, 0.29) is 18.8 Å². The van der Waals surface area contributed by atoms with Gasteiger partial charge in [0.05, 0.1) is 18.8 Å². The van der Waals surface area contributed by atoms with Crippen molar-refractivity contribution in [3.05, 3.63) is 59.9 Å². The summed E-state index contributed by atoms with van der Waals surface area (Å²) in [7, 11) is 0. The number of amides is 2. The van der Waals surface area contributed by atoms with E-state index in [1.807, 2.05) is 0 Å². The third kappa shape index (κ3) is 8.32. The molecule has 0 radical (unpaired) electrons. The maximum absolute atomic E-state index is 14.7. The third-order valence-corrected chi connectivity index (χ3v) is 6.41. The number of ether oxygens (including phenoxy) is 2. The number of anilines is 1. The first-order chi connectivity index (χ1) is 21.8. The molecule has 270 valence electrons. The van der Waals surface area contributed by atoms with E-state index in [4.69, 9.17) is 14.6 Å². The lowest BCUT2D eigenvalue weighted by Crippen LogP contribution is -2.71. The number of urea groups is 1. The molecule has 1 unspecified atom stereocenters. The molecule has 2 aromatic rings. The summed E-state index contributed by atoms with van der Waals surface area (Å²) >= 11 is 0. The Hall–Kier alpha value is -4.04. The summed E-state index contributed by atoms with van der Waals surface area (Å²) < 4.78 is 201. The minimum Gasteiger partial charge on any atom is -0.492 e. The van der Waals surface area contributed by atoms with E-state index < -0.39 is 90.0 Å². The normalized spacial score (nSPS) is 14.0. The molecule has 0 saturated carbocycles. The van der Waals surface area contributed by atoms with Gasteiger partial charge in [0.1, 0.15) is 18.2 Å². The number of carbonyl (C=O) groups is 2. The Kier molecular flexibility index (Phi) is 12.2. The molecule has 0 fully saturated rings.